The third-order valence-corrected chi connectivity index (χ3v) is 2.36. The maximum Gasteiger partial charge on any atom is 0.306 e. The van der Waals surface area contributed by atoms with Crippen molar-refractivity contribution in [3.05, 3.63) is 48.6 Å². The lowest BCUT2D eigenvalue weighted by Crippen LogP contribution is -2.08. The molecule has 0 heterocycles. The van der Waals surface area contributed by atoms with Crippen molar-refractivity contribution in [2.75, 3.05) is 7.11 Å². The molecule has 2 heteroatoms. The van der Waals surface area contributed by atoms with Gasteiger partial charge in [-0.1, -0.05) is 36.4 Å². The van der Waals surface area contributed by atoms with E-state index in [-0.39, 0.29) is 11.9 Å². The average Bonchev–Trinajstić information content (AvgIpc) is 2.29. The van der Waals surface area contributed by atoms with Gasteiger partial charge >= 0.3 is 5.97 Å². The third kappa shape index (κ3) is 3.58. The first-order valence-electron chi connectivity index (χ1n) is 5.00. The van der Waals surface area contributed by atoms with Crippen LogP contribution in [-0.2, 0) is 9.53 Å². The number of methoxy groups -OCH3 is 1. The molecular weight excluding hydrogens is 188 g/mol. The molecule has 0 bridgehead atoms. The molecule has 0 aliphatic rings. The van der Waals surface area contributed by atoms with Gasteiger partial charge in [0.2, 0.25) is 0 Å². The number of carbonyl (C=O) groups is 1. The number of benzene rings is 1. The number of carbonyl (C=O) groups excluding carboxylic acids is 1. The monoisotopic (exact) mass is 204 g/mol. The molecule has 0 spiro atoms. The van der Waals surface area contributed by atoms with Gasteiger partial charge in [-0.05, 0) is 17.9 Å². The molecule has 1 aromatic rings. The molecular formula is C13H16O2. The first-order valence-corrected chi connectivity index (χ1v) is 5.00. The van der Waals surface area contributed by atoms with Gasteiger partial charge in [0, 0.05) is 0 Å². The van der Waals surface area contributed by atoms with E-state index in [9.17, 15) is 4.79 Å². The molecule has 2 nitrogen and oxygen atoms in total. The highest BCUT2D eigenvalue weighted by molar-refractivity contribution is 5.70. The summed E-state index contributed by atoms with van der Waals surface area (Å²) in [6.45, 7) is 3.71. The zero-order chi connectivity index (χ0) is 11.1. The van der Waals surface area contributed by atoms with Crippen molar-refractivity contribution in [2.24, 2.45) is 0 Å². The Morgan fingerprint density at radius 2 is 2.13 bits per heavy atom. The molecule has 0 aromatic heterocycles. The summed E-state index contributed by atoms with van der Waals surface area (Å²) in [5, 5.41) is 0. The molecule has 0 aliphatic carbocycles. The third-order valence-electron chi connectivity index (χ3n) is 2.36. The molecule has 1 aromatic carbocycles. The van der Waals surface area contributed by atoms with Crippen LogP contribution in [0.5, 0.6) is 0 Å². The minimum Gasteiger partial charge on any atom is -0.469 e. The molecule has 0 fully saturated rings. The highest BCUT2D eigenvalue weighted by Crippen LogP contribution is 2.23. The van der Waals surface area contributed by atoms with Crippen molar-refractivity contribution in [1.82, 2.24) is 0 Å². The Bertz CT molecular complexity index is 317. The lowest BCUT2D eigenvalue weighted by atomic mass is 9.93. The second-order valence-electron chi connectivity index (χ2n) is 3.41. The molecule has 0 saturated heterocycles. The van der Waals surface area contributed by atoms with Gasteiger partial charge in [0.05, 0.1) is 13.5 Å². The lowest BCUT2D eigenvalue weighted by Gasteiger charge is -2.13. The van der Waals surface area contributed by atoms with Crippen LogP contribution in [0, 0.1) is 0 Å². The van der Waals surface area contributed by atoms with E-state index in [1.807, 2.05) is 36.4 Å². The highest BCUT2D eigenvalue weighted by atomic mass is 16.5. The molecule has 15 heavy (non-hydrogen) atoms. The van der Waals surface area contributed by atoms with E-state index in [4.69, 9.17) is 0 Å². The Morgan fingerprint density at radius 3 is 2.67 bits per heavy atom. The fraction of sp³-hybridized carbons (Fsp3) is 0.308. The van der Waals surface area contributed by atoms with E-state index < -0.39 is 0 Å². The molecule has 0 N–H and O–H groups in total. The van der Waals surface area contributed by atoms with E-state index in [2.05, 4.69) is 11.3 Å². The molecule has 0 aliphatic heterocycles. The van der Waals surface area contributed by atoms with Crippen LogP contribution in [0.3, 0.4) is 0 Å². The van der Waals surface area contributed by atoms with Crippen LogP contribution in [0.4, 0.5) is 0 Å². The van der Waals surface area contributed by atoms with E-state index in [0.29, 0.717) is 6.42 Å². The zero-order valence-corrected chi connectivity index (χ0v) is 8.98. The highest BCUT2D eigenvalue weighted by Gasteiger charge is 2.14. The first-order chi connectivity index (χ1) is 7.27. The zero-order valence-electron chi connectivity index (χ0n) is 8.98. The summed E-state index contributed by atoms with van der Waals surface area (Å²) in [6.07, 6.45) is 3.03. The van der Waals surface area contributed by atoms with Crippen molar-refractivity contribution in [3.8, 4) is 0 Å². The van der Waals surface area contributed by atoms with Crippen molar-refractivity contribution in [3.63, 3.8) is 0 Å². The maximum atomic E-state index is 11.2. The normalized spacial score (nSPS) is 11.8. The summed E-state index contributed by atoms with van der Waals surface area (Å²) in [7, 11) is 1.41. The van der Waals surface area contributed by atoms with E-state index in [1.165, 1.54) is 7.11 Å². The van der Waals surface area contributed by atoms with Crippen molar-refractivity contribution >= 4 is 5.97 Å². The Labute approximate surface area is 90.6 Å². The van der Waals surface area contributed by atoms with Crippen LogP contribution in [0.2, 0.25) is 0 Å². The van der Waals surface area contributed by atoms with E-state index in [0.717, 1.165) is 12.0 Å². The summed E-state index contributed by atoms with van der Waals surface area (Å²) in [6, 6.07) is 9.96. The van der Waals surface area contributed by atoms with Gasteiger partial charge in [-0.3, -0.25) is 4.79 Å². The standard InChI is InChI=1S/C13H16O2/c1-3-7-12(10-13(14)15-2)11-8-5-4-6-9-11/h3-6,8-9,12H,1,7,10H2,2H3/t12-/m0/s1. The minimum atomic E-state index is -0.175. The lowest BCUT2D eigenvalue weighted by molar-refractivity contribution is -0.141. The molecule has 0 saturated carbocycles. The van der Waals surface area contributed by atoms with Gasteiger partial charge in [-0.25, -0.2) is 0 Å². The summed E-state index contributed by atoms with van der Waals surface area (Å²) in [5.74, 6) is 0.00172. The van der Waals surface area contributed by atoms with Crippen molar-refractivity contribution < 1.29 is 9.53 Å². The van der Waals surface area contributed by atoms with Crippen molar-refractivity contribution in [2.45, 2.75) is 18.8 Å². The Kier molecular flexibility index (Phi) is 4.61. The number of rotatable bonds is 5. The smallest absolute Gasteiger partial charge is 0.306 e. The topological polar surface area (TPSA) is 26.3 Å². The Hall–Kier alpha value is -1.57. The van der Waals surface area contributed by atoms with Gasteiger partial charge in [-0.2, -0.15) is 0 Å². The first kappa shape index (κ1) is 11.5. The van der Waals surface area contributed by atoms with Crippen LogP contribution >= 0.6 is 0 Å². The van der Waals surface area contributed by atoms with Gasteiger partial charge in [0.25, 0.3) is 0 Å². The fourth-order valence-electron chi connectivity index (χ4n) is 1.55. The average molecular weight is 204 g/mol. The van der Waals surface area contributed by atoms with E-state index >= 15 is 0 Å². The molecule has 1 atom stereocenters. The number of esters is 1. The van der Waals surface area contributed by atoms with Crippen LogP contribution in [-0.4, -0.2) is 13.1 Å². The number of hydrogen-bond donors (Lipinski definition) is 0. The summed E-state index contributed by atoms with van der Waals surface area (Å²) in [5.41, 5.74) is 1.16. The van der Waals surface area contributed by atoms with Crippen LogP contribution in [0.15, 0.2) is 43.0 Å². The molecule has 0 radical (unpaired) electrons. The quantitative estimate of drug-likeness (QED) is 0.544. The summed E-state index contributed by atoms with van der Waals surface area (Å²) in [4.78, 5) is 11.2. The van der Waals surface area contributed by atoms with Crippen LogP contribution < -0.4 is 0 Å². The largest absolute Gasteiger partial charge is 0.469 e. The second-order valence-corrected chi connectivity index (χ2v) is 3.41. The second kappa shape index (κ2) is 6.02. The summed E-state index contributed by atoms with van der Waals surface area (Å²) >= 11 is 0. The number of allylic oxidation sites excluding steroid dienone is 1. The SMILES string of the molecule is C=CC[C@@H](CC(=O)OC)c1ccccc1. The predicted molar refractivity (Wildman–Crippen MR) is 60.6 cm³/mol. The Morgan fingerprint density at radius 1 is 1.47 bits per heavy atom. The van der Waals surface area contributed by atoms with Crippen LogP contribution in [0.1, 0.15) is 24.3 Å². The van der Waals surface area contributed by atoms with E-state index in [1.54, 1.807) is 0 Å². The van der Waals surface area contributed by atoms with Gasteiger partial charge in [0.1, 0.15) is 0 Å². The fourth-order valence-corrected chi connectivity index (χ4v) is 1.55. The maximum absolute atomic E-state index is 11.2. The molecule has 1 rings (SSSR count). The Balaban J connectivity index is 2.74. The van der Waals surface area contributed by atoms with Gasteiger partial charge < -0.3 is 4.74 Å². The molecule has 0 amide bonds. The van der Waals surface area contributed by atoms with Gasteiger partial charge in [-0.15, -0.1) is 6.58 Å². The van der Waals surface area contributed by atoms with Gasteiger partial charge in [0.15, 0.2) is 0 Å². The van der Waals surface area contributed by atoms with Crippen LogP contribution in [0.25, 0.3) is 0 Å². The number of hydrogen-bond acceptors (Lipinski definition) is 2. The number of ether oxygens (including phenoxy) is 1. The molecule has 80 valence electrons. The molecule has 0 unspecified atom stereocenters. The van der Waals surface area contributed by atoms with Crippen molar-refractivity contribution in [1.29, 1.82) is 0 Å². The summed E-state index contributed by atoms with van der Waals surface area (Å²) < 4.78 is 4.68. The minimum absolute atomic E-state index is 0.175. The predicted octanol–water partition coefficient (Wildman–Crippen LogP) is 2.91.